The lowest BCUT2D eigenvalue weighted by molar-refractivity contribution is 1.10. The van der Waals surface area contributed by atoms with E-state index in [9.17, 15) is 0 Å². The van der Waals surface area contributed by atoms with Crippen LogP contribution in [0, 0.1) is 0 Å². The van der Waals surface area contributed by atoms with Crippen LogP contribution < -0.4 is 0 Å². The van der Waals surface area contributed by atoms with Crippen molar-refractivity contribution in [1.82, 2.24) is 18.5 Å². The van der Waals surface area contributed by atoms with E-state index < -0.39 is 0 Å². The van der Waals surface area contributed by atoms with Crippen molar-refractivity contribution in [2.45, 2.75) is 0 Å². The SMILES string of the molecule is c1ccc(-c2ccc3nc4c5ccccc5n(-c5ccc6c(c5)c5ccccc5n6-c5ccccc5)c4n3c2)cc1. The zero-order chi connectivity index (χ0) is 26.9. The summed E-state index contributed by atoms with van der Waals surface area (Å²) in [6.07, 6.45) is 2.22. The Hall–Kier alpha value is -5.61. The summed E-state index contributed by atoms with van der Waals surface area (Å²) in [5.41, 5.74) is 11.2. The maximum atomic E-state index is 5.12. The van der Waals surface area contributed by atoms with E-state index >= 15 is 0 Å². The van der Waals surface area contributed by atoms with Crippen molar-refractivity contribution in [1.29, 1.82) is 0 Å². The van der Waals surface area contributed by atoms with Crippen LogP contribution in [0.3, 0.4) is 0 Å². The number of rotatable bonds is 3. The van der Waals surface area contributed by atoms with E-state index in [4.69, 9.17) is 4.98 Å². The van der Waals surface area contributed by atoms with Crippen LogP contribution in [0.15, 0.2) is 146 Å². The Morgan fingerprint density at radius 2 is 1.10 bits per heavy atom. The molecule has 0 N–H and O–H groups in total. The van der Waals surface area contributed by atoms with Gasteiger partial charge >= 0.3 is 0 Å². The Labute approximate surface area is 236 Å². The summed E-state index contributed by atoms with van der Waals surface area (Å²) in [6.45, 7) is 0. The van der Waals surface area contributed by atoms with Gasteiger partial charge in [0.15, 0.2) is 5.65 Å². The predicted octanol–water partition coefficient (Wildman–Crippen LogP) is 9.20. The fraction of sp³-hybridized carbons (Fsp3) is 0. The van der Waals surface area contributed by atoms with Crippen molar-refractivity contribution in [3.63, 3.8) is 0 Å². The van der Waals surface area contributed by atoms with Gasteiger partial charge in [-0.05, 0) is 65.7 Å². The van der Waals surface area contributed by atoms with Gasteiger partial charge in [-0.1, -0.05) is 84.9 Å². The van der Waals surface area contributed by atoms with Crippen LogP contribution in [0.25, 0.3) is 72.0 Å². The molecule has 0 radical (unpaired) electrons. The molecule has 9 aromatic rings. The standard InChI is InChI=1S/C37H24N4/c1-3-11-25(12-4-1)26-19-22-35-38-36-30-16-8-10-18-33(30)41(37(36)39(35)24-26)28-20-21-34-31(23-28)29-15-7-9-17-32(29)40(34)27-13-5-2-6-14-27/h1-24H. The third-order valence-electron chi connectivity index (χ3n) is 8.24. The first-order chi connectivity index (χ1) is 20.3. The maximum absolute atomic E-state index is 5.12. The molecule has 0 unspecified atom stereocenters. The quantitative estimate of drug-likeness (QED) is 0.226. The average Bonchev–Trinajstić information content (AvgIpc) is 3.68. The van der Waals surface area contributed by atoms with Gasteiger partial charge in [0.1, 0.15) is 11.2 Å². The summed E-state index contributed by atoms with van der Waals surface area (Å²) in [5, 5.41) is 3.62. The molecule has 0 amide bonds. The molecular formula is C37H24N4. The maximum Gasteiger partial charge on any atom is 0.150 e. The molecule has 41 heavy (non-hydrogen) atoms. The highest BCUT2D eigenvalue weighted by Gasteiger charge is 2.20. The summed E-state index contributed by atoms with van der Waals surface area (Å²) in [4.78, 5) is 5.12. The van der Waals surface area contributed by atoms with E-state index in [1.165, 1.54) is 27.4 Å². The Kier molecular flexibility index (Phi) is 4.58. The minimum Gasteiger partial charge on any atom is -0.309 e. The minimum absolute atomic E-state index is 0.941. The molecule has 4 heteroatoms. The van der Waals surface area contributed by atoms with Gasteiger partial charge in [0.2, 0.25) is 0 Å². The first kappa shape index (κ1) is 22.2. The van der Waals surface area contributed by atoms with Crippen LogP contribution in [0.1, 0.15) is 0 Å². The summed E-state index contributed by atoms with van der Waals surface area (Å²) in [6, 6.07) is 49.5. The van der Waals surface area contributed by atoms with Crippen molar-refractivity contribution in [3.05, 3.63) is 146 Å². The molecule has 0 saturated heterocycles. The number of aromatic nitrogens is 4. The van der Waals surface area contributed by atoms with Gasteiger partial charge < -0.3 is 4.57 Å². The van der Waals surface area contributed by atoms with E-state index in [0.29, 0.717) is 0 Å². The zero-order valence-electron chi connectivity index (χ0n) is 22.1. The van der Waals surface area contributed by atoms with Gasteiger partial charge in [-0.3, -0.25) is 8.97 Å². The number of pyridine rings is 1. The molecule has 0 saturated carbocycles. The van der Waals surface area contributed by atoms with Crippen molar-refractivity contribution < 1.29 is 0 Å². The lowest BCUT2D eigenvalue weighted by Gasteiger charge is -2.11. The summed E-state index contributed by atoms with van der Waals surface area (Å²) in [7, 11) is 0. The van der Waals surface area contributed by atoms with Crippen molar-refractivity contribution in [3.8, 4) is 22.5 Å². The monoisotopic (exact) mass is 524 g/mol. The number of hydrogen-bond donors (Lipinski definition) is 0. The molecule has 9 rings (SSSR count). The molecule has 0 spiro atoms. The molecular weight excluding hydrogens is 500 g/mol. The van der Waals surface area contributed by atoms with Crippen LogP contribution >= 0.6 is 0 Å². The Morgan fingerprint density at radius 1 is 0.439 bits per heavy atom. The number of para-hydroxylation sites is 3. The highest BCUT2D eigenvalue weighted by atomic mass is 15.1. The molecule has 0 bridgehead atoms. The van der Waals surface area contributed by atoms with Crippen molar-refractivity contribution >= 4 is 49.5 Å². The summed E-state index contributed by atoms with van der Waals surface area (Å²) >= 11 is 0. The van der Waals surface area contributed by atoms with Gasteiger partial charge in [-0.25, -0.2) is 4.98 Å². The van der Waals surface area contributed by atoms with Gasteiger partial charge in [-0.2, -0.15) is 0 Å². The van der Waals surface area contributed by atoms with Crippen molar-refractivity contribution in [2.75, 3.05) is 0 Å². The first-order valence-electron chi connectivity index (χ1n) is 13.9. The fourth-order valence-corrected chi connectivity index (χ4v) is 6.43. The number of imidazole rings is 1. The zero-order valence-corrected chi connectivity index (χ0v) is 22.1. The largest absolute Gasteiger partial charge is 0.309 e. The van der Waals surface area contributed by atoms with E-state index in [1.807, 2.05) is 0 Å². The molecule has 4 aromatic heterocycles. The lowest BCUT2D eigenvalue weighted by atomic mass is 10.1. The highest BCUT2D eigenvalue weighted by Crippen LogP contribution is 2.37. The van der Waals surface area contributed by atoms with Gasteiger partial charge in [0.25, 0.3) is 0 Å². The van der Waals surface area contributed by atoms with Crippen LogP contribution in [-0.4, -0.2) is 18.5 Å². The Balaban J connectivity index is 1.37. The number of nitrogens with zero attached hydrogens (tertiary/aromatic N) is 4. The third-order valence-corrected chi connectivity index (χ3v) is 8.24. The molecule has 0 atom stereocenters. The molecule has 4 nitrogen and oxygen atoms in total. The van der Waals surface area contributed by atoms with Crippen LogP contribution in [0.4, 0.5) is 0 Å². The average molecular weight is 525 g/mol. The highest BCUT2D eigenvalue weighted by molar-refractivity contribution is 6.11. The van der Waals surface area contributed by atoms with Gasteiger partial charge in [0.05, 0.1) is 16.6 Å². The number of benzene rings is 5. The van der Waals surface area contributed by atoms with Crippen molar-refractivity contribution in [2.24, 2.45) is 0 Å². The van der Waals surface area contributed by atoms with E-state index in [0.717, 1.165) is 44.7 Å². The molecule has 0 fully saturated rings. The fourth-order valence-electron chi connectivity index (χ4n) is 6.43. The van der Waals surface area contributed by atoms with E-state index in [1.54, 1.807) is 0 Å². The van der Waals surface area contributed by atoms with Gasteiger partial charge in [-0.15, -0.1) is 0 Å². The van der Waals surface area contributed by atoms with E-state index in [-0.39, 0.29) is 0 Å². The summed E-state index contributed by atoms with van der Waals surface area (Å²) in [5.74, 6) is 0. The van der Waals surface area contributed by atoms with Crippen LogP contribution in [0.2, 0.25) is 0 Å². The normalized spacial score (nSPS) is 11.9. The molecule has 192 valence electrons. The second-order valence-electron chi connectivity index (χ2n) is 10.5. The minimum atomic E-state index is 0.941. The molecule has 4 heterocycles. The van der Waals surface area contributed by atoms with E-state index in [2.05, 4.69) is 159 Å². The Morgan fingerprint density at radius 3 is 1.90 bits per heavy atom. The first-order valence-corrected chi connectivity index (χ1v) is 13.9. The molecule has 5 aromatic carbocycles. The number of hydrogen-bond acceptors (Lipinski definition) is 1. The van der Waals surface area contributed by atoms with Crippen LogP contribution in [0.5, 0.6) is 0 Å². The topological polar surface area (TPSA) is 27.2 Å². The molecule has 0 aliphatic rings. The smallest absolute Gasteiger partial charge is 0.150 e. The van der Waals surface area contributed by atoms with Crippen LogP contribution in [-0.2, 0) is 0 Å². The Bertz CT molecular complexity index is 2410. The molecule has 0 aliphatic carbocycles. The lowest BCUT2D eigenvalue weighted by Crippen LogP contribution is -1.98. The second-order valence-corrected chi connectivity index (χ2v) is 10.5. The molecule has 0 aliphatic heterocycles. The van der Waals surface area contributed by atoms with Gasteiger partial charge in [0, 0.05) is 33.7 Å². The second kappa shape index (κ2) is 8.44. The summed E-state index contributed by atoms with van der Waals surface area (Å²) < 4.78 is 6.97. The number of fused-ring (bicyclic) bond motifs is 8. The third kappa shape index (κ3) is 3.19. The predicted molar refractivity (Wildman–Crippen MR) is 169 cm³/mol.